The van der Waals surface area contributed by atoms with Gasteiger partial charge in [0.2, 0.25) is 0 Å². The van der Waals surface area contributed by atoms with E-state index in [1.165, 1.54) is 50.1 Å². The van der Waals surface area contributed by atoms with Crippen LogP contribution in [0, 0.1) is 17.7 Å². The van der Waals surface area contributed by atoms with Crippen LogP contribution in [0.4, 0.5) is 4.39 Å². The van der Waals surface area contributed by atoms with Crippen LogP contribution in [0.1, 0.15) is 36.5 Å². The number of benzene rings is 1. The van der Waals surface area contributed by atoms with Gasteiger partial charge in [0, 0.05) is 24.7 Å². The maximum absolute atomic E-state index is 12.9. The van der Waals surface area contributed by atoms with Gasteiger partial charge in [-0.2, -0.15) is 0 Å². The molecule has 1 saturated carbocycles. The van der Waals surface area contributed by atoms with Gasteiger partial charge in [-0.1, -0.05) is 13.3 Å². The van der Waals surface area contributed by atoms with Gasteiger partial charge in [-0.15, -0.1) is 0 Å². The molecule has 1 aliphatic heterocycles. The molecule has 2 aliphatic rings. The van der Waals surface area contributed by atoms with Crippen molar-refractivity contribution in [1.29, 1.82) is 0 Å². The Morgan fingerprint density at radius 1 is 1.33 bits per heavy atom. The van der Waals surface area contributed by atoms with Crippen LogP contribution < -0.4 is 5.32 Å². The summed E-state index contributed by atoms with van der Waals surface area (Å²) in [5.41, 5.74) is 0.528. The van der Waals surface area contributed by atoms with E-state index in [2.05, 4.69) is 17.1 Å². The minimum absolute atomic E-state index is 0.104. The second-order valence-electron chi connectivity index (χ2n) is 6.23. The molecule has 1 aliphatic carbocycles. The van der Waals surface area contributed by atoms with Crippen molar-refractivity contribution in [3.05, 3.63) is 35.6 Å². The van der Waals surface area contributed by atoms with Gasteiger partial charge in [0.25, 0.3) is 5.91 Å². The average Bonchev–Trinajstić information content (AvgIpc) is 3.06. The molecule has 1 aromatic rings. The van der Waals surface area contributed by atoms with Crippen LogP contribution in [0.15, 0.2) is 24.3 Å². The summed E-state index contributed by atoms with van der Waals surface area (Å²) in [5.74, 6) is 1.14. The second-order valence-corrected chi connectivity index (χ2v) is 6.23. The van der Waals surface area contributed by atoms with Crippen molar-refractivity contribution in [2.75, 3.05) is 19.6 Å². The molecule has 3 nitrogen and oxygen atoms in total. The van der Waals surface area contributed by atoms with Crippen LogP contribution in [0.3, 0.4) is 0 Å². The van der Waals surface area contributed by atoms with Gasteiger partial charge in [0.15, 0.2) is 0 Å². The van der Waals surface area contributed by atoms with Crippen LogP contribution in [-0.4, -0.2) is 36.5 Å². The van der Waals surface area contributed by atoms with Gasteiger partial charge in [0.05, 0.1) is 0 Å². The van der Waals surface area contributed by atoms with E-state index in [1.807, 2.05) is 0 Å². The third-order valence-electron chi connectivity index (χ3n) is 5.13. The van der Waals surface area contributed by atoms with Gasteiger partial charge >= 0.3 is 0 Å². The minimum atomic E-state index is -0.312. The highest BCUT2D eigenvalue weighted by molar-refractivity contribution is 5.94. The molecule has 0 bridgehead atoms. The lowest BCUT2D eigenvalue weighted by molar-refractivity contribution is 0.0935. The number of amides is 1. The lowest BCUT2D eigenvalue weighted by Gasteiger charge is -2.26. The predicted octanol–water partition coefficient (Wildman–Crippen LogP) is 2.68. The first-order chi connectivity index (χ1) is 10.2. The maximum atomic E-state index is 12.9. The number of likely N-dealkylation sites (tertiary alicyclic amines) is 1. The Morgan fingerprint density at radius 2 is 2.10 bits per heavy atom. The van der Waals surface area contributed by atoms with Crippen LogP contribution in [-0.2, 0) is 0 Å². The monoisotopic (exact) mass is 290 g/mol. The number of halogens is 1. The van der Waals surface area contributed by atoms with Gasteiger partial charge < -0.3 is 5.32 Å². The first-order valence-corrected chi connectivity index (χ1v) is 7.97. The SMILES string of the molecule is CCN1CC2CCCC2C1CNC(=O)c1ccc(F)cc1. The number of nitrogens with one attached hydrogen (secondary N) is 1. The van der Waals surface area contributed by atoms with Crippen molar-refractivity contribution in [3.8, 4) is 0 Å². The van der Waals surface area contributed by atoms with Crippen LogP contribution in [0.25, 0.3) is 0 Å². The van der Waals surface area contributed by atoms with Crippen molar-refractivity contribution in [2.45, 2.75) is 32.2 Å². The Labute approximate surface area is 125 Å². The van der Waals surface area contributed by atoms with Crippen molar-refractivity contribution in [2.24, 2.45) is 11.8 Å². The number of carbonyl (C=O) groups excluding carboxylic acids is 1. The fourth-order valence-electron chi connectivity index (χ4n) is 4.05. The minimum Gasteiger partial charge on any atom is -0.350 e. The summed E-state index contributed by atoms with van der Waals surface area (Å²) in [7, 11) is 0. The fraction of sp³-hybridized carbons (Fsp3) is 0.588. The third kappa shape index (κ3) is 2.95. The molecule has 3 rings (SSSR count). The lowest BCUT2D eigenvalue weighted by atomic mass is 9.94. The summed E-state index contributed by atoms with van der Waals surface area (Å²) in [5, 5.41) is 3.03. The zero-order chi connectivity index (χ0) is 14.8. The summed E-state index contributed by atoms with van der Waals surface area (Å²) in [6.45, 7) is 5.11. The van der Waals surface area contributed by atoms with Gasteiger partial charge in [-0.25, -0.2) is 4.39 Å². The van der Waals surface area contributed by atoms with Crippen LogP contribution in [0.5, 0.6) is 0 Å². The molecule has 2 fully saturated rings. The summed E-state index contributed by atoms with van der Waals surface area (Å²) < 4.78 is 12.9. The van der Waals surface area contributed by atoms with Crippen molar-refractivity contribution < 1.29 is 9.18 Å². The highest BCUT2D eigenvalue weighted by atomic mass is 19.1. The standard InChI is InChI=1S/C17H23FN2O/c1-2-20-11-13-4-3-5-15(13)16(20)10-19-17(21)12-6-8-14(18)9-7-12/h6-9,13,15-16H,2-5,10-11H2,1H3,(H,19,21). The number of nitrogens with zero attached hydrogens (tertiary/aromatic N) is 1. The first kappa shape index (κ1) is 14.5. The van der Waals surface area contributed by atoms with Crippen molar-refractivity contribution in [3.63, 3.8) is 0 Å². The number of likely N-dealkylation sites (N-methyl/N-ethyl adjacent to an activating group) is 1. The van der Waals surface area contributed by atoms with Crippen molar-refractivity contribution in [1.82, 2.24) is 10.2 Å². The number of hydrogen-bond acceptors (Lipinski definition) is 2. The van der Waals surface area contributed by atoms with Gasteiger partial charge in [0.1, 0.15) is 5.82 Å². The summed E-state index contributed by atoms with van der Waals surface area (Å²) in [4.78, 5) is 14.6. The van der Waals surface area contributed by atoms with E-state index in [4.69, 9.17) is 0 Å². The molecule has 4 heteroatoms. The van der Waals surface area contributed by atoms with Crippen LogP contribution in [0.2, 0.25) is 0 Å². The molecular weight excluding hydrogens is 267 g/mol. The van der Waals surface area contributed by atoms with E-state index < -0.39 is 0 Å². The zero-order valence-corrected chi connectivity index (χ0v) is 12.5. The molecule has 114 valence electrons. The molecule has 3 atom stereocenters. The normalized spacial score (nSPS) is 28.6. The van der Waals surface area contributed by atoms with E-state index in [9.17, 15) is 9.18 Å². The predicted molar refractivity (Wildman–Crippen MR) is 80.6 cm³/mol. The molecule has 3 unspecified atom stereocenters. The smallest absolute Gasteiger partial charge is 0.251 e. The van der Waals surface area contributed by atoms with E-state index in [0.717, 1.165) is 18.4 Å². The Hall–Kier alpha value is -1.42. The summed E-state index contributed by atoms with van der Waals surface area (Å²) in [6, 6.07) is 6.20. The van der Waals surface area contributed by atoms with E-state index in [-0.39, 0.29) is 11.7 Å². The quantitative estimate of drug-likeness (QED) is 0.924. The highest BCUT2D eigenvalue weighted by Gasteiger charge is 2.43. The third-order valence-corrected chi connectivity index (χ3v) is 5.13. The Bertz CT molecular complexity index is 502. The molecule has 21 heavy (non-hydrogen) atoms. The summed E-state index contributed by atoms with van der Waals surface area (Å²) in [6.07, 6.45) is 3.96. The highest BCUT2D eigenvalue weighted by Crippen LogP contribution is 2.41. The molecule has 1 aromatic carbocycles. The van der Waals surface area contributed by atoms with Crippen LogP contribution >= 0.6 is 0 Å². The molecule has 1 saturated heterocycles. The van der Waals surface area contributed by atoms with E-state index >= 15 is 0 Å². The average molecular weight is 290 g/mol. The van der Waals surface area contributed by atoms with Gasteiger partial charge in [-0.3, -0.25) is 9.69 Å². The molecule has 0 aromatic heterocycles. The number of fused-ring (bicyclic) bond motifs is 1. The fourth-order valence-corrected chi connectivity index (χ4v) is 4.05. The topological polar surface area (TPSA) is 32.3 Å². The largest absolute Gasteiger partial charge is 0.350 e. The Kier molecular flexibility index (Phi) is 4.24. The zero-order valence-electron chi connectivity index (χ0n) is 12.5. The van der Waals surface area contributed by atoms with E-state index in [0.29, 0.717) is 18.2 Å². The number of hydrogen-bond donors (Lipinski definition) is 1. The Morgan fingerprint density at radius 3 is 2.81 bits per heavy atom. The number of carbonyl (C=O) groups is 1. The Balaban J connectivity index is 1.60. The molecule has 0 radical (unpaired) electrons. The van der Waals surface area contributed by atoms with Gasteiger partial charge in [-0.05, 0) is 55.5 Å². The van der Waals surface area contributed by atoms with Crippen molar-refractivity contribution >= 4 is 5.91 Å². The number of rotatable bonds is 4. The summed E-state index contributed by atoms with van der Waals surface area (Å²) >= 11 is 0. The lowest BCUT2D eigenvalue weighted by Crippen LogP contribution is -2.42. The molecule has 0 spiro atoms. The van der Waals surface area contributed by atoms with E-state index in [1.54, 1.807) is 0 Å². The first-order valence-electron chi connectivity index (χ1n) is 7.97. The molecule has 1 N–H and O–H groups in total. The maximum Gasteiger partial charge on any atom is 0.251 e. The molecular formula is C17H23FN2O. The molecule has 1 amide bonds. The second kappa shape index (κ2) is 6.14. The molecule has 1 heterocycles.